The molecule has 3 fully saturated rings. The van der Waals surface area contributed by atoms with Crippen LogP contribution in [0.1, 0.15) is 74.6 Å². The number of anilines is 1. The highest BCUT2D eigenvalue weighted by atomic mass is 19.4. The van der Waals surface area contributed by atoms with Crippen LogP contribution in [0.25, 0.3) is 0 Å². The van der Waals surface area contributed by atoms with Crippen molar-refractivity contribution in [1.29, 1.82) is 0 Å². The highest BCUT2D eigenvalue weighted by Crippen LogP contribution is 2.46. The number of alkyl halides is 3. The molecule has 2 aromatic carbocycles. The fraction of sp³-hybridized carbons (Fsp3) is 0.625. The van der Waals surface area contributed by atoms with E-state index in [9.17, 15) is 32.7 Å². The quantitative estimate of drug-likeness (QED) is 0.337. The number of aryl methyl sites for hydroxylation is 2. The molecule has 4 aliphatic rings. The van der Waals surface area contributed by atoms with Crippen molar-refractivity contribution in [2.24, 2.45) is 11.3 Å². The number of carbonyl (C=O) groups is 3. The van der Waals surface area contributed by atoms with Crippen molar-refractivity contribution in [2.75, 3.05) is 58.2 Å². The lowest BCUT2D eigenvalue weighted by molar-refractivity contribution is -0.232. The molecule has 53 heavy (non-hydrogen) atoms. The van der Waals surface area contributed by atoms with Crippen LogP contribution < -0.4 is 5.32 Å². The van der Waals surface area contributed by atoms with Crippen molar-refractivity contribution >= 4 is 23.7 Å². The van der Waals surface area contributed by atoms with Gasteiger partial charge in [-0.3, -0.25) is 4.79 Å². The van der Waals surface area contributed by atoms with Crippen molar-refractivity contribution in [2.45, 2.75) is 97.3 Å². The Morgan fingerprint density at radius 1 is 0.925 bits per heavy atom. The molecule has 2 aromatic rings. The molecule has 6 rings (SSSR count). The zero-order valence-corrected chi connectivity index (χ0v) is 31.8. The molecule has 292 valence electrons. The van der Waals surface area contributed by atoms with Gasteiger partial charge in [-0.05, 0) is 107 Å². The zero-order chi connectivity index (χ0) is 38.5. The van der Waals surface area contributed by atoms with Crippen LogP contribution in [0.15, 0.2) is 36.4 Å². The van der Waals surface area contributed by atoms with E-state index in [-0.39, 0.29) is 48.9 Å². The Bertz CT molecular complexity index is 1570. The number of hydrogen-bond donors (Lipinski definition) is 2. The van der Waals surface area contributed by atoms with Gasteiger partial charge in [0.2, 0.25) is 5.91 Å². The summed E-state index contributed by atoms with van der Waals surface area (Å²) in [5, 5.41) is 12.9. The molecule has 0 radical (unpaired) electrons. The average molecular weight is 744 g/mol. The van der Waals surface area contributed by atoms with Gasteiger partial charge in [0.25, 0.3) is 0 Å². The molecule has 10 nitrogen and oxygen atoms in total. The summed E-state index contributed by atoms with van der Waals surface area (Å²) in [6.45, 7) is 11.3. The number of nitrogens with one attached hydrogen (secondary N) is 1. The fourth-order valence-electron chi connectivity index (χ4n) is 8.26. The number of methoxy groups -OCH3 is 1. The fourth-order valence-corrected chi connectivity index (χ4v) is 8.26. The van der Waals surface area contributed by atoms with Crippen LogP contribution in [0, 0.1) is 25.2 Å². The third-order valence-corrected chi connectivity index (χ3v) is 11.9. The first kappa shape index (κ1) is 40.2. The third kappa shape index (κ3) is 9.57. The van der Waals surface area contributed by atoms with Gasteiger partial charge < -0.3 is 34.8 Å². The van der Waals surface area contributed by atoms with E-state index in [1.807, 2.05) is 60.9 Å². The molecule has 4 amide bonds. The molecule has 1 atom stereocenters. The van der Waals surface area contributed by atoms with Gasteiger partial charge in [0.15, 0.2) is 0 Å². The minimum Gasteiger partial charge on any atom is -0.507 e. The molecule has 0 aliphatic carbocycles. The van der Waals surface area contributed by atoms with Gasteiger partial charge in [-0.15, -0.1) is 0 Å². The number of likely N-dealkylation sites (tertiary alicyclic amines) is 3. The SMILES string of the molecule is COC(=O)N1CCC(N2CCc3ccccc3NC2=O)CC1.Cc1cc(C[C@@H](C)C(=O)N2CCC(N3CCC(C)(C(F)(F)F)CC3)CC2)cc(C)c1O. The van der Waals surface area contributed by atoms with E-state index in [0.29, 0.717) is 58.0 Å². The molecule has 0 saturated carbocycles. The lowest BCUT2D eigenvalue weighted by Gasteiger charge is -2.45. The number of fused-ring (bicyclic) bond motifs is 1. The van der Waals surface area contributed by atoms with Gasteiger partial charge >= 0.3 is 18.3 Å². The highest BCUT2D eigenvalue weighted by Gasteiger charge is 2.52. The number of urea groups is 1. The number of nitrogens with zero attached hydrogens (tertiary/aromatic N) is 4. The minimum absolute atomic E-state index is 0.0403. The Morgan fingerprint density at radius 2 is 1.49 bits per heavy atom. The summed E-state index contributed by atoms with van der Waals surface area (Å²) in [4.78, 5) is 44.7. The molecule has 0 bridgehead atoms. The van der Waals surface area contributed by atoms with Crippen LogP contribution in [-0.2, 0) is 22.4 Å². The molecule has 2 N–H and O–H groups in total. The van der Waals surface area contributed by atoms with Crippen molar-refractivity contribution in [1.82, 2.24) is 19.6 Å². The molecule has 13 heteroatoms. The van der Waals surface area contributed by atoms with Gasteiger partial charge in [-0.25, -0.2) is 9.59 Å². The molecular weight excluding hydrogens is 687 g/mol. The minimum atomic E-state index is -4.14. The van der Waals surface area contributed by atoms with E-state index in [0.717, 1.165) is 54.5 Å². The molecule has 0 unspecified atom stereocenters. The number of rotatable bonds is 5. The molecule has 4 heterocycles. The topological polar surface area (TPSA) is 106 Å². The number of halogens is 3. The molecular formula is C40H56F3N5O5. The van der Waals surface area contributed by atoms with Gasteiger partial charge in [0.1, 0.15) is 5.75 Å². The van der Waals surface area contributed by atoms with E-state index in [4.69, 9.17) is 4.74 Å². The number of benzene rings is 2. The van der Waals surface area contributed by atoms with Crippen LogP contribution >= 0.6 is 0 Å². The second-order valence-electron chi connectivity index (χ2n) is 15.6. The summed E-state index contributed by atoms with van der Waals surface area (Å²) in [6.07, 6.45) is 0.575. The first-order valence-corrected chi connectivity index (χ1v) is 19.0. The second kappa shape index (κ2) is 17.0. The Kier molecular flexibility index (Phi) is 12.9. The van der Waals surface area contributed by atoms with Gasteiger partial charge in [0, 0.05) is 56.4 Å². The Labute approximate surface area is 311 Å². The standard InChI is InChI=1S/C24H35F3N2O2.C16H21N3O3/c1-16-13-19(14-17(2)21(16)30)15-18(3)22(31)29-9-5-20(6-10-29)28-11-7-23(4,8-12-28)24(25,26)27;1-22-16(21)18-9-7-13(8-10-18)19-11-6-12-4-2-3-5-14(12)17-15(19)20/h13-14,18,20,30H,5-12,15H2,1-4H3;2-5,13H,6-11H2,1H3,(H,17,20)/t18-;/m1./s1. The predicted octanol–water partition coefficient (Wildman–Crippen LogP) is 7.15. The number of carbonyl (C=O) groups excluding carboxylic acids is 3. The molecule has 4 aliphatic heterocycles. The maximum absolute atomic E-state index is 13.3. The van der Waals surface area contributed by atoms with Gasteiger partial charge in [0.05, 0.1) is 12.5 Å². The number of phenols is 1. The van der Waals surface area contributed by atoms with Crippen molar-refractivity contribution < 1.29 is 37.4 Å². The molecule has 0 aromatic heterocycles. The Balaban J connectivity index is 0.000000216. The summed E-state index contributed by atoms with van der Waals surface area (Å²) in [7, 11) is 1.40. The summed E-state index contributed by atoms with van der Waals surface area (Å²) < 4.78 is 44.5. The van der Waals surface area contributed by atoms with Crippen LogP contribution in [0.4, 0.5) is 28.4 Å². The molecule has 0 spiro atoms. The first-order chi connectivity index (χ1) is 25.1. The van der Waals surface area contributed by atoms with E-state index >= 15 is 0 Å². The number of para-hydroxylation sites is 1. The monoisotopic (exact) mass is 743 g/mol. The van der Waals surface area contributed by atoms with E-state index in [2.05, 4.69) is 16.3 Å². The number of phenolic OH excluding ortho intramolecular Hbond substituents is 1. The van der Waals surface area contributed by atoms with Crippen LogP contribution in [0.5, 0.6) is 5.75 Å². The maximum atomic E-state index is 13.3. The van der Waals surface area contributed by atoms with Crippen molar-refractivity contribution in [3.63, 3.8) is 0 Å². The largest absolute Gasteiger partial charge is 0.507 e. The smallest absolute Gasteiger partial charge is 0.409 e. The maximum Gasteiger partial charge on any atom is 0.409 e. The molecule has 3 saturated heterocycles. The summed E-state index contributed by atoms with van der Waals surface area (Å²) in [5.74, 6) is 0.283. The first-order valence-electron chi connectivity index (χ1n) is 19.0. The van der Waals surface area contributed by atoms with E-state index in [1.165, 1.54) is 19.6 Å². The van der Waals surface area contributed by atoms with Gasteiger partial charge in [-0.2, -0.15) is 13.2 Å². The lowest BCUT2D eigenvalue weighted by Crippen LogP contribution is -2.53. The average Bonchev–Trinajstić information content (AvgIpc) is 3.31. The number of piperidine rings is 3. The second-order valence-corrected chi connectivity index (χ2v) is 15.6. The number of hydrogen-bond acceptors (Lipinski definition) is 6. The lowest BCUT2D eigenvalue weighted by atomic mass is 9.79. The number of aromatic hydroxyl groups is 1. The van der Waals surface area contributed by atoms with Gasteiger partial charge in [-0.1, -0.05) is 44.2 Å². The number of ether oxygens (including phenoxy) is 1. The van der Waals surface area contributed by atoms with Crippen molar-refractivity contribution in [3.8, 4) is 5.75 Å². The zero-order valence-electron chi connectivity index (χ0n) is 31.8. The highest BCUT2D eigenvalue weighted by molar-refractivity contribution is 5.91. The number of amides is 4. The van der Waals surface area contributed by atoms with E-state index in [1.54, 1.807) is 4.90 Å². The predicted molar refractivity (Wildman–Crippen MR) is 198 cm³/mol. The summed E-state index contributed by atoms with van der Waals surface area (Å²) in [5.41, 5.74) is 3.19. The Hall–Kier alpha value is -4.00. The van der Waals surface area contributed by atoms with Crippen molar-refractivity contribution in [3.05, 3.63) is 58.7 Å². The van der Waals surface area contributed by atoms with E-state index < -0.39 is 11.6 Å². The Morgan fingerprint density at radius 3 is 2.08 bits per heavy atom. The third-order valence-electron chi connectivity index (χ3n) is 11.9. The normalized spacial score (nSPS) is 20.8. The van der Waals surface area contributed by atoms with Crippen LogP contribution in [0.2, 0.25) is 0 Å². The summed E-state index contributed by atoms with van der Waals surface area (Å²) >= 11 is 0. The van der Waals surface area contributed by atoms with Crippen LogP contribution in [0.3, 0.4) is 0 Å². The summed E-state index contributed by atoms with van der Waals surface area (Å²) in [6, 6.07) is 12.2. The van der Waals surface area contributed by atoms with Crippen LogP contribution in [-0.4, -0.2) is 114 Å².